The molecule has 5 rings (SSSR count). The molecule has 3 heterocycles. The highest BCUT2D eigenvalue weighted by Gasteiger charge is 2.10. The van der Waals surface area contributed by atoms with Crippen molar-refractivity contribution in [1.29, 1.82) is 0 Å². The van der Waals surface area contributed by atoms with E-state index in [2.05, 4.69) is 72.1 Å². The first-order valence-electron chi connectivity index (χ1n) is 13.9. The van der Waals surface area contributed by atoms with E-state index in [0.717, 1.165) is 29.8 Å². The largest absolute Gasteiger partial charge is 0.487 e. The lowest BCUT2D eigenvalue weighted by atomic mass is 10.1. The van der Waals surface area contributed by atoms with Gasteiger partial charge in [0.05, 0.1) is 44.8 Å². The van der Waals surface area contributed by atoms with E-state index in [1.54, 1.807) is 21.8 Å². The lowest BCUT2D eigenvalue weighted by molar-refractivity contribution is 0.300. The molecule has 16 nitrogen and oxygen atoms in total. The first kappa shape index (κ1) is 29.7. The minimum atomic E-state index is -0.00471. The van der Waals surface area contributed by atoms with Crippen molar-refractivity contribution in [3.05, 3.63) is 100 Å². The molecular formula is C28H35N15O. The maximum absolute atomic E-state index is 6.18. The molecule has 0 saturated carbocycles. The zero-order valence-electron chi connectivity index (χ0n) is 24.4. The summed E-state index contributed by atoms with van der Waals surface area (Å²) in [4.78, 5) is 7.97. The van der Waals surface area contributed by atoms with Crippen molar-refractivity contribution in [2.45, 2.75) is 52.7 Å². The molecule has 0 aliphatic carbocycles. The van der Waals surface area contributed by atoms with Gasteiger partial charge in [0, 0.05) is 6.54 Å². The number of hydrogen-bond acceptors (Lipinski definition) is 9. The Kier molecular flexibility index (Phi) is 9.38. The Morgan fingerprint density at radius 3 is 1.77 bits per heavy atom. The van der Waals surface area contributed by atoms with Crippen LogP contribution in [-0.4, -0.2) is 56.9 Å². The number of benzene rings is 2. The zero-order valence-corrected chi connectivity index (χ0v) is 24.4. The molecule has 0 bridgehead atoms. The van der Waals surface area contributed by atoms with Crippen LogP contribution in [0.25, 0.3) is 0 Å². The summed E-state index contributed by atoms with van der Waals surface area (Å²) in [6, 6.07) is 14.4. The average molecular weight is 598 g/mol. The lowest BCUT2D eigenvalue weighted by Gasteiger charge is -2.11. The summed E-state index contributed by atoms with van der Waals surface area (Å²) >= 11 is 0. The van der Waals surface area contributed by atoms with Crippen molar-refractivity contribution in [2.75, 3.05) is 0 Å². The summed E-state index contributed by atoms with van der Waals surface area (Å²) in [5.41, 5.74) is 28.1. The van der Waals surface area contributed by atoms with Gasteiger partial charge in [-0.25, -0.2) is 19.3 Å². The van der Waals surface area contributed by atoms with Crippen LogP contribution >= 0.6 is 0 Å². The third kappa shape index (κ3) is 8.85. The second kappa shape index (κ2) is 13.9. The lowest BCUT2D eigenvalue weighted by Crippen LogP contribution is -2.22. The van der Waals surface area contributed by atoms with Crippen LogP contribution in [0.15, 0.2) is 71.0 Å². The van der Waals surface area contributed by atoms with Gasteiger partial charge >= 0.3 is 0 Å². The van der Waals surface area contributed by atoms with E-state index in [4.69, 9.17) is 27.7 Å². The van der Waals surface area contributed by atoms with Crippen molar-refractivity contribution in [2.24, 2.45) is 32.9 Å². The van der Waals surface area contributed by atoms with Crippen molar-refractivity contribution >= 4 is 11.9 Å². The Balaban J connectivity index is 1.28. The number of nitrogens with two attached hydrogens (primary N) is 4. The number of aliphatic imine (C=N–C) groups is 2. The van der Waals surface area contributed by atoms with Gasteiger partial charge in [-0.05, 0) is 42.2 Å². The first-order valence-corrected chi connectivity index (χ1v) is 13.9. The summed E-state index contributed by atoms with van der Waals surface area (Å²) in [5.74, 6) is 0.651. The Bertz CT molecular complexity index is 1650. The van der Waals surface area contributed by atoms with Crippen LogP contribution in [0.2, 0.25) is 0 Å². The van der Waals surface area contributed by atoms with Gasteiger partial charge < -0.3 is 27.7 Å². The van der Waals surface area contributed by atoms with Crippen molar-refractivity contribution in [3.8, 4) is 5.75 Å². The fraction of sp³-hybridized carbons (Fsp3) is 0.286. The van der Waals surface area contributed by atoms with Crippen LogP contribution < -0.4 is 27.7 Å². The summed E-state index contributed by atoms with van der Waals surface area (Å²) in [6.07, 6.45) is 6.35. The molecule has 0 radical (unpaired) electrons. The highest BCUT2D eigenvalue weighted by molar-refractivity contribution is 5.75. The SMILES string of the molecule is Cc1ccc(CCn2cc(COc3cc(Cn4cc(CN=C(N)N)nn4)cc(Cn4cc(CN=C(N)N)nn4)c3)nn2)cc1. The number of rotatable bonds is 14. The molecule has 228 valence electrons. The van der Waals surface area contributed by atoms with Crippen LogP contribution in [0.5, 0.6) is 5.75 Å². The van der Waals surface area contributed by atoms with Crippen molar-refractivity contribution in [3.63, 3.8) is 0 Å². The second-order valence-electron chi connectivity index (χ2n) is 10.3. The fourth-order valence-electron chi connectivity index (χ4n) is 4.36. The number of ether oxygens (including phenoxy) is 1. The molecular weight excluding hydrogens is 562 g/mol. The molecule has 44 heavy (non-hydrogen) atoms. The first-order chi connectivity index (χ1) is 21.3. The van der Waals surface area contributed by atoms with Gasteiger partial charge in [0.15, 0.2) is 11.9 Å². The minimum absolute atomic E-state index is 0.00471. The molecule has 2 aromatic carbocycles. The second-order valence-corrected chi connectivity index (χ2v) is 10.3. The van der Waals surface area contributed by atoms with Crippen LogP contribution in [0.4, 0.5) is 0 Å². The fourth-order valence-corrected chi connectivity index (χ4v) is 4.36. The Morgan fingerprint density at radius 2 is 1.20 bits per heavy atom. The van der Waals surface area contributed by atoms with Crippen molar-refractivity contribution < 1.29 is 4.74 Å². The van der Waals surface area contributed by atoms with Gasteiger partial charge in [0.25, 0.3) is 0 Å². The Hall–Kier alpha value is -5.80. The standard InChI is InChI=1S/C28H35N15O/c1-19-2-4-20(5-3-19)6-7-41-17-25(37-38-41)18-44-26-9-21(13-42-15-23(35-39-42)11-33-27(29)30)8-22(10-26)14-43-16-24(36-40-43)12-34-28(31)32/h2-5,8-10,15-17H,6-7,11-14,18H2,1H3,(H4,29,30,33)(H4,31,32,34). The molecule has 0 fully saturated rings. The molecule has 0 spiro atoms. The van der Waals surface area contributed by atoms with Gasteiger partial charge in [-0.3, -0.25) is 4.68 Å². The van der Waals surface area contributed by atoms with Gasteiger partial charge in [0.2, 0.25) is 0 Å². The molecule has 3 aromatic heterocycles. The highest BCUT2D eigenvalue weighted by Crippen LogP contribution is 2.21. The zero-order chi connectivity index (χ0) is 30.9. The van der Waals surface area contributed by atoms with Crippen LogP contribution in [-0.2, 0) is 45.8 Å². The highest BCUT2D eigenvalue weighted by atomic mass is 16.5. The van der Waals surface area contributed by atoms with Gasteiger partial charge in [-0.1, -0.05) is 51.5 Å². The quantitative estimate of drug-likeness (QED) is 0.1000. The number of guanidine groups is 2. The summed E-state index contributed by atoms with van der Waals surface area (Å²) < 4.78 is 11.4. The van der Waals surface area contributed by atoms with Crippen LogP contribution in [0, 0.1) is 6.92 Å². The van der Waals surface area contributed by atoms with E-state index in [-0.39, 0.29) is 31.6 Å². The predicted molar refractivity (Wildman–Crippen MR) is 163 cm³/mol. The van der Waals surface area contributed by atoms with E-state index in [1.807, 2.05) is 29.1 Å². The van der Waals surface area contributed by atoms with Crippen LogP contribution in [0.3, 0.4) is 0 Å². The molecule has 0 aliphatic heterocycles. The summed E-state index contributed by atoms with van der Waals surface area (Å²) in [5, 5.41) is 25.2. The Labute approximate surface area is 253 Å². The molecule has 0 aliphatic rings. The van der Waals surface area contributed by atoms with E-state index in [0.29, 0.717) is 30.2 Å². The number of nitrogens with zero attached hydrogens (tertiary/aromatic N) is 11. The molecule has 8 N–H and O–H groups in total. The monoisotopic (exact) mass is 597 g/mol. The third-order valence-electron chi connectivity index (χ3n) is 6.46. The molecule has 0 atom stereocenters. The van der Waals surface area contributed by atoms with E-state index < -0.39 is 0 Å². The van der Waals surface area contributed by atoms with E-state index >= 15 is 0 Å². The van der Waals surface area contributed by atoms with E-state index in [1.165, 1.54) is 11.1 Å². The van der Waals surface area contributed by atoms with Crippen molar-refractivity contribution in [1.82, 2.24) is 45.0 Å². The maximum atomic E-state index is 6.18. The summed E-state index contributed by atoms with van der Waals surface area (Å²) in [7, 11) is 0. The maximum Gasteiger partial charge on any atom is 0.186 e. The normalized spacial score (nSPS) is 10.9. The Morgan fingerprint density at radius 1 is 0.682 bits per heavy atom. The number of aryl methyl sites for hydroxylation is 3. The van der Waals surface area contributed by atoms with Gasteiger partial charge in [-0.2, -0.15) is 0 Å². The molecule has 0 saturated heterocycles. The molecule has 5 aromatic rings. The number of aromatic nitrogens is 9. The molecule has 0 unspecified atom stereocenters. The predicted octanol–water partition coefficient (Wildman–Crippen LogP) is 0.235. The van der Waals surface area contributed by atoms with Crippen LogP contribution in [0.1, 0.15) is 39.3 Å². The molecule has 16 heteroatoms. The van der Waals surface area contributed by atoms with Gasteiger partial charge in [0.1, 0.15) is 29.4 Å². The number of hydrogen-bond donors (Lipinski definition) is 4. The van der Waals surface area contributed by atoms with E-state index in [9.17, 15) is 0 Å². The average Bonchev–Trinajstić information content (AvgIpc) is 3.75. The minimum Gasteiger partial charge on any atom is -0.487 e. The molecule has 0 amide bonds. The topological polar surface area (TPSA) is 230 Å². The van der Waals surface area contributed by atoms with Gasteiger partial charge in [-0.15, -0.1) is 15.3 Å². The summed E-state index contributed by atoms with van der Waals surface area (Å²) in [6.45, 7) is 4.44. The third-order valence-corrected chi connectivity index (χ3v) is 6.46. The smallest absolute Gasteiger partial charge is 0.186 e.